The SMILES string of the molecule is Cc1cc(Cc2nc[n+](CC(OC(=O)C(F)(F)F)(c3ccc(F)cc3F)C(C)c3nc(-c4ccc(C#N)cc4)cs3)[nH]2)cc(C)c1OC(=O)C(N)C(C)C.[Br-]. The van der Waals surface area contributed by atoms with E-state index in [2.05, 4.69) is 15.1 Å². The average molecular weight is 848 g/mol. The highest BCUT2D eigenvalue weighted by Crippen LogP contribution is 2.45. The van der Waals surface area contributed by atoms with Gasteiger partial charge in [-0.05, 0) is 65.7 Å². The van der Waals surface area contributed by atoms with Crippen molar-refractivity contribution >= 4 is 23.3 Å². The van der Waals surface area contributed by atoms with Crippen LogP contribution in [0.3, 0.4) is 0 Å². The Kier molecular flexibility index (Phi) is 13.3. The second-order valence-electron chi connectivity index (χ2n) is 13.2. The zero-order valence-electron chi connectivity index (χ0n) is 30.2. The third kappa shape index (κ3) is 9.61. The molecule has 5 aromatic rings. The Morgan fingerprint density at radius 2 is 1.69 bits per heavy atom. The molecular formula is C38H36BrF5N6O4S. The molecule has 3 N–H and O–H groups in total. The van der Waals surface area contributed by atoms with Gasteiger partial charge in [0.05, 0.1) is 29.7 Å². The molecule has 290 valence electrons. The van der Waals surface area contributed by atoms with Crippen molar-refractivity contribution in [2.45, 2.75) is 71.3 Å². The Morgan fingerprint density at radius 1 is 1.04 bits per heavy atom. The molecule has 55 heavy (non-hydrogen) atoms. The Labute approximate surface area is 327 Å². The lowest BCUT2D eigenvalue weighted by atomic mass is 9.81. The van der Waals surface area contributed by atoms with Crippen LogP contribution < -0.4 is 32.1 Å². The summed E-state index contributed by atoms with van der Waals surface area (Å²) in [5.74, 6) is -6.08. The lowest BCUT2D eigenvalue weighted by molar-refractivity contribution is -0.764. The van der Waals surface area contributed by atoms with Crippen LogP contribution in [-0.4, -0.2) is 39.2 Å². The van der Waals surface area contributed by atoms with E-state index < -0.39 is 59.4 Å². The third-order valence-corrected chi connectivity index (χ3v) is 9.94. The van der Waals surface area contributed by atoms with Gasteiger partial charge in [0, 0.05) is 22.6 Å². The van der Waals surface area contributed by atoms with Gasteiger partial charge < -0.3 is 32.2 Å². The van der Waals surface area contributed by atoms with E-state index in [0.717, 1.165) is 29.0 Å². The summed E-state index contributed by atoms with van der Waals surface area (Å²) in [7, 11) is 0. The molecule has 2 heterocycles. The van der Waals surface area contributed by atoms with E-state index in [1.807, 2.05) is 6.07 Å². The number of esters is 2. The topological polar surface area (TPSA) is 148 Å². The van der Waals surface area contributed by atoms with Crippen LogP contribution in [0.15, 0.2) is 66.3 Å². The summed E-state index contributed by atoms with van der Waals surface area (Å²) < 4.78 is 83.8. The maximum absolute atomic E-state index is 15.7. The molecule has 0 spiro atoms. The summed E-state index contributed by atoms with van der Waals surface area (Å²) >= 11 is 1.04. The first-order valence-electron chi connectivity index (χ1n) is 16.6. The Bertz CT molecular complexity index is 2200. The summed E-state index contributed by atoms with van der Waals surface area (Å²) in [5, 5.41) is 13.9. The molecule has 0 saturated carbocycles. The number of thiazole rings is 1. The van der Waals surface area contributed by atoms with Gasteiger partial charge in [-0.3, -0.25) is 0 Å². The number of hydrogen-bond donors (Lipinski definition) is 2. The van der Waals surface area contributed by atoms with E-state index in [4.69, 9.17) is 20.5 Å². The Balaban J connectivity index is 0.00000673. The number of nitrogens with zero attached hydrogens (tertiary/aromatic N) is 4. The summed E-state index contributed by atoms with van der Waals surface area (Å²) in [4.78, 5) is 34.2. The normalized spacial score (nSPS) is 13.7. The molecule has 10 nitrogen and oxygen atoms in total. The minimum absolute atomic E-state index is 0. The van der Waals surface area contributed by atoms with Crippen molar-refractivity contribution in [3.8, 4) is 23.1 Å². The second-order valence-corrected chi connectivity index (χ2v) is 14.1. The summed E-state index contributed by atoms with van der Waals surface area (Å²) in [6, 6.07) is 13.5. The average Bonchev–Trinajstić information content (AvgIpc) is 3.78. The van der Waals surface area contributed by atoms with E-state index in [9.17, 15) is 27.2 Å². The first kappa shape index (κ1) is 42.7. The monoisotopic (exact) mass is 846 g/mol. The number of nitrogens with two attached hydrogens (primary N) is 1. The zero-order chi connectivity index (χ0) is 39.5. The first-order valence-corrected chi connectivity index (χ1v) is 17.5. The van der Waals surface area contributed by atoms with Crippen molar-refractivity contribution in [1.29, 1.82) is 5.26 Å². The molecule has 0 aliphatic rings. The quantitative estimate of drug-likeness (QED) is 0.0833. The molecule has 0 saturated heterocycles. The molecule has 0 radical (unpaired) electrons. The number of nitriles is 1. The van der Waals surface area contributed by atoms with Crippen molar-refractivity contribution < 1.29 is 62.7 Å². The molecule has 5 rings (SSSR count). The fourth-order valence-electron chi connectivity index (χ4n) is 5.94. The van der Waals surface area contributed by atoms with Crippen molar-refractivity contribution in [1.82, 2.24) is 15.1 Å². The predicted octanol–water partition coefficient (Wildman–Crippen LogP) is 3.88. The van der Waals surface area contributed by atoms with Crippen LogP contribution in [0, 0.1) is 42.7 Å². The van der Waals surface area contributed by atoms with Gasteiger partial charge in [-0.15, -0.1) is 11.3 Å². The van der Waals surface area contributed by atoms with E-state index in [1.54, 1.807) is 69.5 Å². The predicted molar refractivity (Wildman–Crippen MR) is 187 cm³/mol. The maximum atomic E-state index is 15.7. The zero-order valence-corrected chi connectivity index (χ0v) is 32.6. The molecule has 0 amide bonds. The van der Waals surface area contributed by atoms with Gasteiger partial charge in [-0.25, -0.2) is 23.4 Å². The number of ether oxygens (including phenoxy) is 2. The second kappa shape index (κ2) is 17.2. The third-order valence-electron chi connectivity index (χ3n) is 8.91. The van der Waals surface area contributed by atoms with Gasteiger partial charge in [0.2, 0.25) is 0 Å². The number of benzene rings is 3. The standard InChI is InChI=1S/C38H35F5N6O4S.BrH/c1-20(2)32(45)35(50)52-33-21(3)12-25(13-22(33)4)14-31-46-19-49(48-31)18-37(53-36(51)38(41,42)43,28-11-10-27(39)15-29(28)40)23(5)34-47-30(17-54-34)26-8-6-24(16-44)7-9-26;/h6-13,15,17,19-20,23,32H,14,18,45H2,1-5H3;1H. The minimum Gasteiger partial charge on any atom is -1.00 e. The molecule has 3 aromatic carbocycles. The number of halogens is 6. The first-order chi connectivity index (χ1) is 25.4. The highest BCUT2D eigenvalue weighted by molar-refractivity contribution is 7.10. The summed E-state index contributed by atoms with van der Waals surface area (Å²) in [6.07, 6.45) is -4.03. The van der Waals surface area contributed by atoms with Crippen LogP contribution in [0.4, 0.5) is 22.0 Å². The smallest absolute Gasteiger partial charge is 0.490 e. The number of nitrogens with one attached hydrogen (secondary N) is 1. The van der Waals surface area contributed by atoms with E-state index >= 15 is 4.39 Å². The molecular weight excluding hydrogens is 811 g/mol. The molecule has 0 bridgehead atoms. The summed E-state index contributed by atoms with van der Waals surface area (Å²) in [5.41, 5.74) is 6.42. The van der Waals surface area contributed by atoms with Gasteiger partial charge in [0.15, 0.2) is 12.1 Å². The minimum atomic E-state index is -5.47. The number of aromatic nitrogens is 4. The van der Waals surface area contributed by atoms with Crippen LogP contribution >= 0.6 is 11.3 Å². The maximum Gasteiger partial charge on any atom is 0.490 e. The summed E-state index contributed by atoms with van der Waals surface area (Å²) in [6.45, 7) is 7.94. The van der Waals surface area contributed by atoms with Crippen molar-refractivity contribution in [3.63, 3.8) is 0 Å². The van der Waals surface area contributed by atoms with Gasteiger partial charge in [0.25, 0.3) is 5.82 Å². The van der Waals surface area contributed by atoms with E-state index in [-0.39, 0.29) is 34.3 Å². The van der Waals surface area contributed by atoms with Gasteiger partial charge in [-0.1, -0.05) is 45.0 Å². The number of carbonyl (C=O) groups is 2. The lowest BCUT2D eigenvalue weighted by Crippen LogP contribution is -3.00. The fraction of sp³-hybridized carbons (Fsp3) is 0.316. The Morgan fingerprint density at radius 3 is 2.27 bits per heavy atom. The number of carbonyl (C=O) groups excluding carboxylic acids is 2. The molecule has 0 fully saturated rings. The van der Waals surface area contributed by atoms with Crippen molar-refractivity contribution in [2.75, 3.05) is 0 Å². The van der Waals surface area contributed by atoms with E-state index in [0.29, 0.717) is 45.6 Å². The fourth-order valence-corrected chi connectivity index (χ4v) is 6.91. The van der Waals surface area contributed by atoms with Crippen molar-refractivity contribution in [3.05, 3.63) is 117 Å². The van der Waals surface area contributed by atoms with Crippen molar-refractivity contribution in [2.24, 2.45) is 11.7 Å². The van der Waals surface area contributed by atoms with Crippen LogP contribution in [0.1, 0.15) is 65.3 Å². The van der Waals surface area contributed by atoms with Gasteiger partial charge in [-0.2, -0.15) is 28.2 Å². The molecule has 3 unspecified atom stereocenters. The van der Waals surface area contributed by atoms with Crippen LogP contribution in [0.2, 0.25) is 0 Å². The highest BCUT2D eigenvalue weighted by Gasteiger charge is 2.53. The number of rotatable bonds is 12. The Hall–Kier alpha value is -5.05. The van der Waals surface area contributed by atoms with Crippen LogP contribution in [0.5, 0.6) is 5.75 Å². The van der Waals surface area contributed by atoms with Crippen LogP contribution in [0.25, 0.3) is 11.3 Å². The molecule has 17 heteroatoms. The molecule has 0 aliphatic carbocycles. The number of aromatic amines is 1. The number of hydrogen-bond acceptors (Lipinski definition) is 9. The van der Waals surface area contributed by atoms with Gasteiger partial charge >= 0.3 is 24.4 Å². The largest absolute Gasteiger partial charge is 1.00 e. The van der Waals surface area contributed by atoms with Crippen LogP contribution in [-0.2, 0) is 32.9 Å². The highest BCUT2D eigenvalue weighted by atomic mass is 79.9. The van der Waals surface area contributed by atoms with Gasteiger partial charge in [0.1, 0.15) is 28.4 Å². The van der Waals surface area contributed by atoms with E-state index in [1.165, 1.54) is 17.9 Å². The molecule has 2 aromatic heterocycles. The number of alkyl halides is 3. The number of aryl methyl sites for hydroxylation is 2. The number of H-pyrrole nitrogens is 1. The molecule has 3 atom stereocenters. The molecule has 0 aliphatic heterocycles. The lowest BCUT2D eigenvalue weighted by Gasteiger charge is -2.36.